The highest BCUT2D eigenvalue weighted by Gasteiger charge is 2.34. The molecule has 0 atom stereocenters. The summed E-state index contributed by atoms with van der Waals surface area (Å²) in [5, 5.41) is 2.89. The van der Waals surface area contributed by atoms with Gasteiger partial charge in [0.15, 0.2) is 0 Å². The molecule has 0 saturated heterocycles. The van der Waals surface area contributed by atoms with Crippen LogP contribution in [0, 0.1) is 6.92 Å². The molecule has 0 fully saturated rings. The molecule has 0 saturated carbocycles. The lowest BCUT2D eigenvalue weighted by atomic mass is 10.1. The fraction of sp³-hybridized carbons (Fsp3) is 0.0870. The van der Waals surface area contributed by atoms with E-state index in [0.717, 1.165) is 16.8 Å². The van der Waals surface area contributed by atoms with Crippen LogP contribution in [0.25, 0.3) is 0 Å². The fourth-order valence-electron chi connectivity index (χ4n) is 3.23. The summed E-state index contributed by atoms with van der Waals surface area (Å²) >= 11 is 0. The van der Waals surface area contributed by atoms with Gasteiger partial charge in [-0.3, -0.25) is 19.3 Å². The van der Waals surface area contributed by atoms with Crippen molar-refractivity contribution >= 4 is 23.4 Å². The van der Waals surface area contributed by atoms with Crippen molar-refractivity contribution in [3.8, 4) is 0 Å². The van der Waals surface area contributed by atoms with Gasteiger partial charge in [-0.25, -0.2) is 0 Å². The average molecular weight is 370 g/mol. The molecule has 1 aliphatic rings. The molecule has 1 heterocycles. The molecule has 5 nitrogen and oxygen atoms in total. The summed E-state index contributed by atoms with van der Waals surface area (Å²) < 4.78 is 0. The molecule has 0 spiro atoms. The standard InChI is InChI=1S/C23H18N2O3/c1-15-6-2-5-9-20(15)24-21(26)17-12-10-16(11-13-17)14-25-22(27)18-7-3-4-8-19(18)23(25)28/h2-13H,14H2,1H3,(H,24,26). The smallest absolute Gasteiger partial charge is 0.261 e. The molecule has 3 aromatic rings. The highest BCUT2D eigenvalue weighted by Crippen LogP contribution is 2.24. The van der Waals surface area contributed by atoms with Crippen LogP contribution in [0.2, 0.25) is 0 Å². The Kier molecular flexibility index (Phi) is 4.49. The maximum Gasteiger partial charge on any atom is 0.261 e. The molecule has 0 aliphatic carbocycles. The van der Waals surface area contributed by atoms with E-state index in [-0.39, 0.29) is 24.3 Å². The van der Waals surface area contributed by atoms with E-state index in [1.165, 1.54) is 4.90 Å². The van der Waals surface area contributed by atoms with Crippen LogP contribution in [0.5, 0.6) is 0 Å². The maximum atomic E-state index is 12.5. The topological polar surface area (TPSA) is 66.5 Å². The highest BCUT2D eigenvalue weighted by molar-refractivity contribution is 6.21. The van der Waals surface area contributed by atoms with Gasteiger partial charge in [-0.15, -0.1) is 0 Å². The number of aryl methyl sites for hydroxylation is 1. The number of anilines is 1. The molecule has 1 N–H and O–H groups in total. The third-order valence-corrected chi connectivity index (χ3v) is 4.83. The average Bonchev–Trinajstić information content (AvgIpc) is 2.95. The Morgan fingerprint density at radius 1 is 0.821 bits per heavy atom. The summed E-state index contributed by atoms with van der Waals surface area (Å²) in [5.41, 5.74) is 3.90. The maximum absolute atomic E-state index is 12.5. The second-order valence-electron chi connectivity index (χ2n) is 6.71. The van der Waals surface area contributed by atoms with Crippen LogP contribution in [0.4, 0.5) is 5.69 Å². The van der Waals surface area contributed by atoms with Gasteiger partial charge in [-0.2, -0.15) is 0 Å². The number of imide groups is 1. The van der Waals surface area contributed by atoms with Crippen molar-refractivity contribution in [2.45, 2.75) is 13.5 Å². The van der Waals surface area contributed by atoms with Gasteiger partial charge in [0.05, 0.1) is 17.7 Å². The lowest BCUT2D eigenvalue weighted by Gasteiger charge is -2.14. The fourth-order valence-corrected chi connectivity index (χ4v) is 3.23. The van der Waals surface area contributed by atoms with Crippen molar-refractivity contribution in [1.29, 1.82) is 0 Å². The van der Waals surface area contributed by atoms with Crippen LogP contribution in [0.15, 0.2) is 72.8 Å². The molecule has 0 unspecified atom stereocenters. The van der Waals surface area contributed by atoms with Gasteiger partial charge in [0.25, 0.3) is 17.7 Å². The van der Waals surface area contributed by atoms with Gasteiger partial charge in [0.2, 0.25) is 0 Å². The SMILES string of the molecule is Cc1ccccc1NC(=O)c1ccc(CN2C(=O)c3ccccc3C2=O)cc1. The zero-order chi connectivity index (χ0) is 19.7. The Balaban J connectivity index is 1.47. The largest absolute Gasteiger partial charge is 0.322 e. The van der Waals surface area contributed by atoms with Crippen LogP contribution >= 0.6 is 0 Å². The van der Waals surface area contributed by atoms with Gasteiger partial charge in [0.1, 0.15) is 0 Å². The molecule has 4 rings (SSSR count). The summed E-state index contributed by atoms with van der Waals surface area (Å²) in [5.74, 6) is -0.787. The normalized spacial score (nSPS) is 12.8. The van der Waals surface area contributed by atoms with Gasteiger partial charge in [-0.05, 0) is 48.4 Å². The first-order valence-electron chi connectivity index (χ1n) is 8.96. The quantitative estimate of drug-likeness (QED) is 0.705. The zero-order valence-electron chi connectivity index (χ0n) is 15.3. The van der Waals surface area contributed by atoms with E-state index in [2.05, 4.69) is 5.32 Å². The van der Waals surface area contributed by atoms with E-state index >= 15 is 0 Å². The summed E-state index contributed by atoms with van der Waals surface area (Å²) in [7, 11) is 0. The number of hydrogen-bond donors (Lipinski definition) is 1. The first-order valence-corrected chi connectivity index (χ1v) is 8.96. The molecule has 3 amide bonds. The molecule has 0 radical (unpaired) electrons. The molecule has 28 heavy (non-hydrogen) atoms. The molecular weight excluding hydrogens is 352 g/mol. The highest BCUT2D eigenvalue weighted by atomic mass is 16.2. The van der Waals surface area contributed by atoms with Crippen LogP contribution in [0.1, 0.15) is 42.2 Å². The summed E-state index contributed by atoms with van der Waals surface area (Å²) in [6, 6.07) is 21.3. The van der Waals surface area contributed by atoms with Gasteiger partial charge in [0, 0.05) is 11.3 Å². The number of para-hydroxylation sites is 1. The Morgan fingerprint density at radius 3 is 2.00 bits per heavy atom. The minimum atomic E-state index is -0.290. The van der Waals surface area contributed by atoms with Crippen molar-refractivity contribution in [3.05, 3.63) is 101 Å². The van der Waals surface area contributed by atoms with E-state index in [1.807, 2.05) is 31.2 Å². The first kappa shape index (κ1) is 17.7. The third-order valence-electron chi connectivity index (χ3n) is 4.83. The van der Waals surface area contributed by atoms with E-state index in [9.17, 15) is 14.4 Å². The lowest BCUT2D eigenvalue weighted by molar-refractivity contribution is 0.0642. The predicted molar refractivity (Wildman–Crippen MR) is 106 cm³/mol. The number of hydrogen-bond acceptors (Lipinski definition) is 3. The molecule has 0 aromatic heterocycles. The van der Waals surface area contributed by atoms with E-state index in [4.69, 9.17) is 0 Å². The Hall–Kier alpha value is -3.73. The molecule has 5 heteroatoms. The predicted octanol–water partition coefficient (Wildman–Crippen LogP) is 4.04. The molecule has 138 valence electrons. The molecule has 0 bridgehead atoms. The van der Waals surface area contributed by atoms with E-state index in [0.29, 0.717) is 16.7 Å². The number of nitrogens with zero attached hydrogens (tertiary/aromatic N) is 1. The van der Waals surface area contributed by atoms with Crippen molar-refractivity contribution in [3.63, 3.8) is 0 Å². The number of benzene rings is 3. The first-order chi connectivity index (χ1) is 13.5. The second-order valence-corrected chi connectivity index (χ2v) is 6.71. The third kappa shape index (κ3) is 3.18. The van der Waals surface area contributed by atoms with Crippen LogP contribution in [0.3, 0.4) is 0 Å². The molecule has 3 aromatic carbocycles. The van der Waals surface area contributed by atoms with Gasteiger partial charge < -0.3 is 5.32 Å². The number of carbonyl (C=O) groups is 3. The summed E-state index contributed by atoms with van der Waals surface area (Å²) in [4.78, 5) is 38.6. The van der Waals surface area contributed by atoms with E-state index < -0.39 is 0 Å². The summed E-state index contributed by atoms with van der Waals surface area (Å²) in [6.07, 6.45) is 0. The van der Waals surface area contributed by atoms with Crippen molar-refractivity contribution < 1.29 is 14.4 Å². The van der Waals surface area contributed by atoms with Gasteiger partial charge >= 0.3 is 0 Å². The van der Waals surface area contributed by atoms with E-state index in [1.54, 1.807) is 48.5 Å². The summed E-state index contributed by atoms with van der Waals surface area (Å²) in [6.45, 7) is 2.10. The number of amides is 3. The van der Waals surface area contributed by atoms with Crippen LogP contribution < -0.4 is 5.32 Å². The Bertz CT molecular complexity index is 1050. The molecular formula is C23H18N2O3. The minimum absolute atomic E-state index is 0.173. The Labute approximate surface area is 162 Å². The Morgan fingerprint density at radius 2 is 1.39 bits per heavy atom. The van der Waals surface area contributed by atoms with Crippen molar-refractivity contribution in [2.24, 2.45) is 0 Å². The number of nitrogens with one attached hydrogen (secondary N) is 1. The molecule has 1 aliphatic heterocycles. The number of fused-ring (bicyclic) bond motifs is 1. The monoisotopic (exact) mass is 370 g/mol. The number of rotatable bonds is 4. The minimum Gasteiger partial charge on any atom is -0.322 e. The van der Waals surface area contributed by atoms with Crippen LogP contribution in [-0.2, 0) is 6.54 Å². The number of carbonyl (C=O) groups excluding carboxylic acids is 3. The lowest BCUT2D eigenvalue weighted by Crippen LogP contribution is -2.29. The van der Waals surface area contributed by atoms with Gasteiger partial charge in [-0.1, -0.05) is 42.5 Å². The second kappa shape index (κ2) is 7.12. The van der Waals surface area contributed by atoms with Crippen molar-refractivity contribution in [1.82, 2.24) is 4.90 Å². The van der Waals surface area contributed by atoms with Crippen LogP contribution in [-0.4, -0.2) is 22.6 Å². The zero-order valence-corrected chi connectivity index (χ0v) is 15.3. The van der Waals surface area contributed by atoms with Crippen molar-refractivity contribution in [2.75, 3.05) is 5.32 Å².